The number of carbonyl (C=O) groups is 2. The van der Waals surface area contributed by atoms with Crippen LogP contribution < -0.4 is 10.6 Å². The van der Waals surface area contributed by atoms with Crippen LogP contribution in [0.2, 0.25) is 0 Å². The SMILES string of the molecule is CCN(CC(=O)NC)C(=O)C1CCCN1. The largest absolute Gasteiger partial charge is 0.358 e. The molecule has 1 rings (SSSR count). The maximum Gasteiger partial charge on any atom is 0.240 e. The van der Waals surface area contributed by atoms with Crippen LogP contribution in [0, 0.1) is 0 Å². The number of rotatable bonds is 4. The highest BCUT2D eigenvalue weighted by molar-refractivity contribution is 5.87. The third-order valence-corrected chi connectivity index (χ3v) is 2.67. The lowest BCUT2D eigenvalue weighted by atomic mass is 10.2. The van der Waals surface area contributed by atoms with Crippen LogP contribution >= 0.6 is 0 Å². The molecule has 86 valence electrons. The topological polar surface area (TPSA) is 61.4 Å². The Morgan fingerprint density at radius 2 is 2.27 bits per heavy atom. The van der Waals surface area contributed by atoms with Gasteiger partial charge in [0.15, 0.2) is 0 Å². The molecular formula is C10H19N3O2. The lowest BCUT2D eigenvalue weighted by Crippen LogP contribution is -2.47. The highest BCUT2D eigenvalue weighted by Gasteiger charge is 2.26. The molecule has 5 nitrogen and oxygen atoms in total. The molecule has 1 saturated heterocycles. The van der Waals surface area contributed by atoms with Gasteiger partial charge in [0.25, 0.3) is 0 Å². The summed E-state index contributed by atoms with van der Waals surface area (Å²) in [7, 11) is 1.58. The maximum atomic E-state index is 11.9. The Hall–Kier alpha value is -1.10. The Bertz CT molecular complexity index is 237. The van der Waals surface area contributed by atoms with Crippen LogP contribution in [0.3, 0.4) is 0 Å². The van der Waals surface area contributed by atoms with Crippen molar-refractivity contribution in [3.63, 3.8) is 0 Å². The Balaban J connectivity index is 2.49. The molecule has 15 heavy (non-hydrogen) atoms. The molecule has 0 spiro atoms. The van der Waals surface area contributed by atoms with Gasteiger partial charge in [-0.05, 0) is 26.3 Å². The van der Waals surface area contributed by atoms with E-state index in [9.17, 15) is 9.59 Å². The van der Waals surface area contributed by atoms with Crippen LogP contribution in [0.25, 0.3) is 0 Å². The predicted octanol–water partition coefficient (Wildman–Crippen LogP) is -0.667. The van der Waals surface area contributed by atoms with Gasteiger partial charge in [-0.15, -0.1) is 0 Å². The Morgan fingerprint density at radius 3 is 2.73 bits per heavy atom. The molecule has 2 N–H and O–H groups in total. The normalized spacial score (nSPS) is 20.0. The fraction of sp³-hybridized carbons (Fsp3) is 0.800. The Morgan fingerprint density at radius 1 is 1.53 bits per heavy atom. The van der Waals surface area contributed by atoms with E-state index in [1.54, 1.807) is 11.9 Å². The van der Waals surface area contributed by atoms with Crippen LogP contribution in [0.1, 0.15) is 19.8 Å². The first-order chi connectivity index (χ1) is 7.19. The number of hydrogen-bond acceptors (Lipinski definition) is 3. The monoisotopic (exact) mass is 213 g/mol. The lowest BCUT2D eigenvalue weighted by Gasteiger charge is -2.23. The van der Waals surface area contributed by atoms with Crippen LogP contribution in [-0.4, -0.2) is 49.4 Å². The number of nitrogens with one attached hydrogen (secondary N) is 2. The van der Waals surface area contributed by atoms with Crippen molar-refractivity contribution in [3.05, 3.63) is 0 Å². The van der Waals surface area contributed by atoms with Gasteiger partial charge in [0.05, 0.1) is 12.6 Å². The van der Waals surface area contributed by atoms with Crippen LogP contribution in [0.4, 0.5) is 0 Å². The smallest absolute Gasteiger partial charge is 0.240 e. The fourth-order valence-corrected chi connectivity index (χ4v) is 1.71. The molecule has 1 atom stereocenters. The second-order valence-corrected chi connectivity index (χ2v) is 3.67. The number of hydrogen-bond donors (Lipinski definition) is 2. The van der Waals surface area contributed by atoms with E-state index in [2.05, 4.69) is 10.6 Å². The van der Waals surface area contributed by atoms with Gasteiger partial charge in [0, 0.05) is 13.6 Å². The van der Waals surface area contributed by atoms with Crippen LogP contribution in [0.15, 0.2) is 0 Å². The molecule has 0 aromatic carbocycles. The predicted molar refractivity (Wildman–Crippen MR) is 57.3 cm³/mol. The van der Waals surface area contributed by atoms with Crippen LogP contribution in [-0.2, 0) is 9.59 Å². The van der Waals surface area contributed by atoms with Gasteiger partial charge in [0.2, 0.25) is 11.8 Å². The molecule has 1 unspecified atom stereocenters. The standard InChI is InChI=1S/C10H19N3O2/c1-3-13(7-9(14)11-2)10(15)8-5-4-6-12-8/h8,12H,3-7H2,1-2H3,(H,11,14). The van der Waals surface area contributed by atoms with E-state index in [4.69, 9.17) is 0 Å². The van der Waals surface area contributed by atoms with E-state index >= 15 is 0 Å². The van der Waals surface area contributed by atoms with Crippen molar-refractivity contribution in [1.29, 1.82) is 0 Å². The van der Waals surface area contributed by atoms with Crippen molar-refractivity contribution in [2.45, 2.75) is 25.8 Å². The Kier molecular flexibility index (Phi) is 4.55. The molecule has 0 aromatic heterocycles. The third-order valence-electron chi connectivity index (χ3n) is 2.67. The molecule has 0 saturated carbocycles. The van der Waals surface area contributed by atoms with E-state index in [0.717, 1.165) is 19.4 Å². The molecule has 0 aromatic rings. The zero-order valence-corrected chi connectivity index (χ0v) is 9.38. The summed E-state index contributed by atoms with van der Waals surface area (Å²) in [6.45, 7) is 3.51. The number of carbonyl (C=O) groups excluding carboxylic acids is 2. The van der Waals surface area contributed by atoms with E-state index < -0.39 is 0 Å². The molecule has 1 aliphatic rings. The molecule has 1 heterocycles. The summed E-state index contributed by atoms with van der Waals surface area (Å²) in [6, 6.07) is -0.0883. The quantitative estimate of drug-likeness (QED) is 0.651. The molecule has 2 amide bonds. The van der Waals surface area contributed by atoms with Gasteiger partial charge >= 0.3 is 0 Å². The summed E-state index contributed by atoms with van der Waals surface area (Å²) >= 11 is 0. The second kappa shape index (κ2) is 5.70. The molecule has 0 bridgehead atoms. The molecule has 5 heteroatoms. The van der Waals surface area contributed by atoms with Crippen molar-refractivity contribution in [2.24, 2.45) is 0 Å². The molecular weight excluding hydrogens is 194 g/mol. The molecule has 1 aliphatic heterocycles. The summed E-state index contributed by atoms with van der Waals surface area (Å²) in [6.07, 6.45) is 1.91. The highest BCUT2D eigenvalue weighted by atomic mass is 16.2. The minimum absolute atomic E-state index is 0.0404. The first-order valence-corrected chi connectivity index (χ1v) is 5.41. The first-order valence-electron chi connectivity index (χ1n) is 5.41. The third kappa shape index (κ3) is 3.20. The summed E-state index contributed by atoms with van der Waals surface area (Å²) in [5.41, 5.74) is 0. The average molecular weight is 213 g/mol. The van der Waals surface area contributed by atoms with Gasteiger partial charge in [-0.25, -0.2) is 0 Å². The summed E-state index contributed by atoms with van der Waals surface area (Å²) in [5, 5.41) is 5.66. The van der Waals surface area contributed by atoms with E-state index in [1.807, 2.05) is 6.92 Å². The Labute approximate surface area is 90.2 Å². The maximum absolute atomic E-state index is 11.9. The summed E-state index contributed by atoms with van der Waals surface area (Å²) in [4.78, 5) is 24.7. The fourth-order valence-electron chi connectivity index (χ4n) is 1.71. The van der Waals surface area contributed by atoms with Crippen molar-refractivity contribution in [3.8, 4) is 0 Å². The first kappa shape index (κ1) is 12.0. The van der Waals surface area contributed by atoms with Crippen molar-refractivity contribution < 1.29 is 9.59 Å². The van der Waals surface area contributed by atoms with Gasteiger partial charge in [-0.3, -0.25) is 9.59 Å². The zero-order valence-electron chi connectivity index (χ0n) is 9.38. The van der Waals surface area contributed by atoms with E-state index in [1.165, 1.54) is 0 Å². The second-order valence-electron chi connectivity index (χ2n) is 3.67. The van der Waals surface area contributed by atoms with Crippen LogP contribution in [0.5, 0.6) is 0 Å². The molecule has 0 radical (unpaired) electrons. The van der Waals surface area contributed by atoms with Crippen molar-refractivity contribution in [2.75, 3.05) is 26.7 Å². The van der Waals surface area contributed by atoms with Gasteiger partial charge in [0.1, 0.15) is 0 Å². The number of amides is 2. The van der Waals surface area contributed by atoms with Gasteiger partial charge in [-0.2, -0.15) is 0 Å². The van der Waals surface area contributed by atoms with Crippen molar-refractivity contribution in [1.82, 2.24) is 15.5 Å². The van der Waals surface area contributed by atoms with Crippen molar-refractivity contribution >= 4 is 11.8 Å². The number of likely N-dealkylation sites (N-methyl/N-ethyl adjacent to an activating group) is 2. The summed E-state index contributed by atoms with van der Waals surface area (Å²) < 4.78 is 0. The average Bonchev–Trinajstić information content (AvgIpc) is 2.77. The summed E-state index contributed by atoms with van der Waals surface area (Å²) in [5.74, 6) is -0.0817. The minimum atomic E-state index is -0.122. The highest BCUT2D eigenvalue weighted by Crippen LogP contribution is 2.08. The molecule has 1 fully saturated rings. The zero-order chi connectivity index (χ0) is 11.3. The lowest BCUT2D eigenvalue weighted by molar-refractivity contribution is -0.137. The van der Waals surface area contributed by atoms with E-state index in [-0.39, 0.29) is 24.4 Å². The van der Waals surface area contributed by atoms with E-state index in [0.29, 0.717) is 6.54 Å². The molecule has 0 aliphatic carbocycles. The minimum Gasteiger partial charge on any atom is -0.358 e. The van der Waals surface area contributed by atoms with Gasteiger partial charge in [-0.1, -0.05) is 0 Å². The number of nitrogens with zero attached hydrogens (tertiary/aromatic N) is 1. The van der Waals surface area contributed by atoms with Gasteiger partial charge < -0.3 is 15.5 Å².